The van der Waals surface area contributed by atoms with Gasteiger partial charge in [0, 0.05) is 21.2 Å². The van der Waals surface area contributed by atoms with E-state index in [1.54, 1.807) is 43.5 Å². The molecule has 3 nitrogen and oxygen atoms in total. The number of thiophene rings is 1. The Kier molecular flexibility index (Phi) is 4.42. The lowest BCUT2D eigenvalue weighted by Gasteiger charge is -2.08. The molecule has 0 amide bonds. The Morgan fingerprint density at radius 1 is 1.00 bits per heavy atom. The summed E-state index contributed by atoms with van der Waals surface area (Å²) in [6.45, 7) is 2.04. The van der Waals surface area contributed by atoms with Crippen LogP contribution in [0.4, 0.5) is 0 Å². The van der Waals surface area contributed by atoms with Gasteiger partial charge < -0.3 is 9.84 Å². The van der Waals surface area contributed by atoms with Crippen LogP contribution in [0.3, 0.4) is 0 Å². The molecule has 3 aromatic carbocycles. The summed E-state index contributed by atoms with van der Waals surface area (Å²) < 4.78 is 6.08. The van der Waals surface area contributed by atoms with Gasteiger partial charge >= 0.3 is 0 Å². The number of aromatic hydroxyl groups is 1. The molecule has 0 aliphatic rings. The van der Waals surface area contributed by atoms with Gasteiger partial charge in [-0.1, -0.05) is 24.3 Å². The topological polar surface area (TPSA) is 46.5 Å². The Bertz CT molecular complexity index is 1140. The second-order valence-electron chi connectivity index (χ2n) is 6.36. The highest BCUT2D eigenvalue weighted by molar-refractivity contribution is 7.21. The Morgan fingerprint density at radius 2 is 1.74 bits per heavy atom. The zero-order chi connectivity index (χ0) is 19.0. The molecule has 0 unspecified atom stereocenters. The molecule has 0 saturated carbocycles. The number of benzene rings is 3. The fourth-order valence-corrected chi connectivity index (χ4v) is 4.45. The summed E-state index contributed by atoms with van der Waals surface area (Å²) in [7, 11) is 1.60. The summed E-state index contributed by atoms with van der Waals surface area (Å²) in [5.74, 6) is 0.882. The van der Waals surface area contributed by atoms with Gasteiger partial charge in [-0.25, -0.2) is 0 Å². The maximum Gasteiger partial charge on any atom is 0.203 e. The standard InChI is InChI=1S/C23H18O3S/c1-14-5-3-4-6-18(14)21-19-12-9-16(24)13-20(19)27-23(21)22(25)15-7-10-17(26-2)11-8-15/h3-13,24H,1-2H3. The fraction of sp³-hybridized carbons (Fsp3) is 0.0870. The third kappa shape index (κ3) is 3.09. The van der Waals surface area contributed by atoms with E-state index in [1.165, 1.54) is 11.3 Å². The number of ketones is 1. The Morgan fingerprint density at radius 3 is 2.44 bits per heavy atom. The molecule has 0 atom stereocenters. The van der Waals surface area contributed by atoms with Crippen molar-refractivity contribution in [3.05, 3.63) is 82.7 Å². The minimum atomic E-state index is -0.0309. The van der Waals surface area contributed by atoms with E-state index in [0.29, 0.717) is 16.2 Å². The zero-order valence-corrected chi connectivity index (χ0v) is 15.8. The van der Waals surface area contributed by atoms with Crippen LogP contribution in [0.1, 0.15) is 20.8 Å². The van der Waals surface area contributed by atoms with Gasteiger partial charge in [0.25, 0.3) is 0 Å². The Labute approximate surface area is 161 Å². The fourth-order valence-electron chi connectivity index (χ4n) is 3.24. The van der Waals surface area contributed by atoms with Gasteiger partial charge in [0.1, 0.15) is 11.5 Å². The van der Waals surface area contributed by atoms with Crippen LogP contribution >= 0.6 is 11.3 Å². The maximum atomic E-state index is 13.3. The summed E-state index contributed by atoms with van der Waals surface area (Å²) in [6.07, 6.45) is 0. The Hall–Kier alpha value is -3.11. The summed E-state index contributed by atoms with van der Waals surface area (Å²) in [5, 5.41) is 10.9. The van der Waals surface area contributed by atoms with E-state index >= 15 is 0 Å². The molecule has 4 aromatic rings. The number of rotatable bonds is 4. The van der Waals surface area contributed by atoms with Gasteiger partial charge in [0.2, 0.25) is 5.78 Å². The minimum Gasteiger partial charge on any atom is -0.508 e. The minimum absolute atomic E-state index is 0.0309. The lowest BCUT2D eigenvalue weighted by molar-refractivity contribution is 0.104. The average Bonchev–Trinajstić information content (AvgIpc) is 3.06. The van der Waals surface area contributed by atoms with E-state index < -0.39 is 0 Å². The van der Waals surface area contributed by atoms with E-state index in [2.05, 4.69) is 0 Å². The second kappa shape index (κ2) is 6.89. The number of phenolic OH excluding ortho intramolecular Hbond substituents is 1. The highest BCUT2D eigenvalue weighted by atomic mass is 32.1. The highest BCUT2D eigenvalue weighted by Crippen LogP contribution is 2.42. The number of hydrogen-bond donors (Lipinski definition) is 1. The number of ether oxygens (including phenoxy) is 1. The largest absolute Gasteiger partial charge is 0.508 e. The highest BCUT2D eigenvalue weighted by Gasteiger charge is 2.22. The van der Waals surface area contributed by atoms with Gasteiger partial charge in [0.05, 0.1) is 12.0 Å². The van der Waals surface area contributed by atoms with Gasteiger partial charge in [-0.3, -0.25) is 4.79 Å². The van der Waals surface area contributed by atoms with Crippen molar-refractivity contribution in [2.75, 3.05) is 7.11 Å². The number of phenols is 1. The molecule has 0 spiro atoms. The molecule has 27 heavy (non-hydrogen) atoms. The van der Waals surface area contributed by atoms with E-state index in [4.69, 9.17) is 4.74 Å². The molecule has 0 bridgehead atoms. The molecule has 0 radical (unpaired) electrons. The van der Waals surface area contributed by atoms with Gasteiger partial charge in [-0.15, -0.1) is 11.3 Å². The molecule has 4 rings (SSSR count). The predicted octanol–water partition coefficient (Wildman–Crippen LogP) is 5.82. The normalized spacial score (nSPS) is 10.9. The molecule has 134 valence electrons. The van der Waals surface area contributed by atoms with E-state index in [-0.39, 0.29) is 11.5 Å². The SMILES string of the molecule is COc1ccc(C(=O)c2sc3cc(O)ccc3c2-c2ccccc2C)cc1. The first-order valence-electron chi connectivity index (χ1n) is 8.59. The zero-order valence-electron chi connectivity index (χ0n) is 15.0. The smallest absolute Gasteiger partial charge is 0.203 e. The number of carbonyl (C=O) groups is 1. The van der Waals surface area contributed by atoms with Crippen LogP contribution in [-0.4, -0.2) is 18.0 Å². The second-order valence-corrected chi connectivity index (χ2v) is 7.41. The van der Waals surface area contributed by atoms with Gasteiger partial charge in [0.15, 0.2) is 0 Å². The van der Waals surface area contributed by atoms with Crippen molar-refractivity contribution >= 4 is 27.2 Å². The van der Waals surface area contributed by atoms with Crippen molar-refractivity contribution in [1.29, 1.82) is 0 Å². The monoisotopic (exact) mass is 374 g/mol. The Balaban J connectivity index is 1.95. The van der Waals surface area contributed by atoms with Crippen molar-refractivity contribution < 1.29 is 14.6 Å². The lowest BCUT2D eigenvalue weighted by Crippen LogP contribution is -2.01. The summed E-state index contributed by atoms with van der Waals surface area (Å²) in [6, 6.07) is 20.5. The number of aryl methyl sites for hydroxylation is 1. The van der Waals surface area contributed by atoms with Gasteiger partial charge in [-0.05, 0) is 60.5 Å². The molecular formula is C23H18O3S. The van der Waals surface area contributed by atoms with E-state index in [0.717, 1.165) is 26.8 Å². The van der Waals surface area contributed by atoms with Crippen LogP contribution < -0.4 is 4.74 Å². The van der Waals surface area contributed by atoms with Crippen molar-refractivity contribution in [3.63, 3.8) is 0 Å². The van der Waals surface area contributed by atoms with Crippen LogP contribution in [0.2, 0.25) is 0 Å². The predicted molar refractivity (Wildman–Crippen MR) is 110 cm³/mol. The van der Waals surface area contributed by atoms with Crippen LogP contribution in [0, 0.1) is 6.92 Å². The van der Waals surface area contributed by atoms with Crippen molar-refractivity contribution in [2.45, 2.75) is 6.92 Å². The molecule has 0 fully saturated rings. The lowest BCUT2D eigenvalue weighted by atomic mass is 9.95. The third-order valence-electron chi connectivity index (χ3n) is 4.65. The van der Waals surface area contributed by atoms with Crippen LogP contribution in [0.5, 0.6) is 11.5 Å². The van der Waals surface area contributed by atoms with Gasteiger partial charge in [-0.2, -0.15) is 0 Å². The first-order chi connectivity index (χ1) is 13.1. The number of carbonyl (C=O) groups excluding carboxylic acids is 1. The number of fused-ring (bicyclic) bond motifs is 1. The van der Waals surface area contributed by atoms with Crippen LogP contribution in [-0.2, 0) is 0 Å². The number of methoxy groups -OCH3 is 1. The summed E-state index contributed by atoms with van der Waals surface area (Å²) in [5.41, 5.74) is 3.68. The van der Waals surface area contributed by atoms with Crippen molar-refractivity contribution in [3.8, 4) is 22.6 Å². The average molecular weight is 374 g/mol. The number of hydrogen-bond acceptors (Lipinski definition) is 4. The van der Waals surface area contributed by atoms with E-state index in [1.807, 2.05) is 37.3 Å². The van der Waals surface area contributed by atoms with Crippen LogP contribution in [0.15, 0.2) is 66.7 Å². The molecular weight excluding hydrogens is 356 g/mol. The maximum absolute atomic E-state index is 13.3. The summed E-state index contributed by atoms with van der Waals surface area (Å²) in [4.78, 5) is 14.0. The summed E-state index contributed by atoms with van der Waals surface area (Å²) >= 11 is 1.41. The molecule has 1 aromatic heterocycles. The first-order valence-corrected chi connectivity index (χ1v) is 9.40. The van der Waals surface area contributed by atoms with E-state index in [9.17, 15) is 9.90 Å². The molecule has 1 N–H and O–H groups in total. The first kappa shape index (κ1) is 17.3. The quantitative estimate of drug-likeness (QED) is 0.458. The molecule has 0 saturated heterocycles. The molecule has 1 heterocycles. The molecule has 0 aliphatic carbocycles. The van der Waals surface area contributed by atoms with Crippen LogP contribution in [0.25, 0.3) is 21.2 Å². The van der Waals surface area contributed by atoms with Crippen molar-refractivity contribution in [1.82, 2.24) is 0 Å². The molecule has 4 heteroatoms. The molecule has 0 aliphatic heterocycles. The third-order valence-corrected chi connectivity index (χ3v) is 5.80. The van der Waals surface area contributed by atoms with Crippen molar-refractivity contribution in [2.24, 2.45) is 0 Å².